The lowest BCUT2D eigenvalue weighted by atomic mass is 10.2. The molecule has 0 aliphatic heterocycles. The van der Waals surface area contributed by atoms with Gasteiger partial charge in [-0.25, -0.2) is 0 Å². The maximum atomic E-state index is 12.5. The third-order valence-corrected chi connectivity index (χ3v) is 7.08. The van der Waals surface area contributed by atoms with Gasteiger partial charge in [-0.3, -0.25) is 8.37 Å². The van der Waals surface area contributed by atoms with Crippen LogP contribution in [0.4, 0.5) is 0 Å². The molecule has 9 heteroatoms. The fraction of sp³-hybridized carbons (Fsp3) is 0.217. The van der Waals surface area contributed by atoms with Crippen LogP contribution in [-0.2, 0) is 28.6 Å². The Morgan fingerprint density at radius 3 is 1.44 bits per heavy atom. The van der Waals surface area contributed by atoms with Crippen LogP contribution in [0.3, 0.4) is 0 Å². The Labute approximate surface area is 188 Å². The predicted molar refractivity (Wildman–Crippen MR) is 119 cm³/mol. The first-order valence-electron chi connectivity index (χ1n) is 9.80. The first-order chi connectivity index (χ1) is 15.2. The van der Waals surface area contributed by atoms with Gasteiger partial charge in [0.1, 0.15) is 25.1 Å². The summed E-state index contributed by atoms with van der Waals surface area (Å²) in [5.74, 6) is 0.421. The standard InChI is InChI=1S/C23H24O7S2/c1-18-8-12-22(13-9-18)31(24,25)28-16-21(30-20-6-4-3-5-7-20)17-29-32(26,27)23-14-10-19(2)11-15-23/h3-15,21H,16-17H2,1-2H3. The Bertz CT molecular complexity index is 1140. The maximum absolute atomic E-state index is 12.5. The zero-order chi connectivity index (χ0) is 23.2. The van der Waals surface area contributed by atoms with Crippen molar-refractivity contribution >= 4 is 20.2 Å². The Kier molecular flexibility index (Phi) is 7.68. The third kappa shape index (κ3) is 6.64. The number of hydrogen-bond donors (Lipinski definition) is 0. The van der Waals surface area contributed by atoms with E-state index in [0.717, 1.165) is 11.1 Å². The lowest BCUT2D eigenvalue weighted by molar-refractivity contribution is 0.0861. The van der Waals surface area contributed by atoms with Crippen LogP contribution in [0.5, 0.6) is 5.75 Å². The molecule has 0 unspecified atom stereocenters. The van der Waals surface area contributed by atoms with Crippen molar-refractivity contribution in [3.63, 3.8) is 0 Å². The largest absolute Gasteiger partial charge is 0.485 e. The Morgan fingerprint density at radius 2 is 1.03 bits per heavy atom. The molecule has 3 aromatic carbocycles. The second-order valence-corrected chi connectivity index (χ2v) is 10.4. The highest BCUT2D eigenvalue weighted by Gasteiger charge is 2.23. The summed E-state index contributed by atoms with van der Waals surface area (Å²) in [5.41, 5.74) is 1.81. The third-order valence-electron chi connectivity index (χ3n) is 4.48. The van der Waals surface area contributed by atoms with E-state index in [2.05, 4.69) is 0 Å². The highest BCUT2D eigenvalue weighted by molar-refractivity contribution is 7.87. The molecular formula is C23H24O7S2. The maximum Gasteiger partial charge on any atom is 0.297 e. The summed E-state index contributed by atoms with van der Waals surface area (Å²) >= 11 is 0. The summed E-state index contributed by atoms with van der Waals surface area (Å²) in [6.45, 7) is 2.81. The Balaban J connectivity index is 1.73. The van der Waals surface area contributed by atoms with E-state index in [4.69, 9.17) is 13.1 Å². The van der Waals surface area contributed by atoms with Crippen molar-refractivity contribution in [2.45, 2.75) is 29.7 Å². The second kappa shape index (κ2) is 10.3. The Morgan fingerprint density at radius 1 is 0.625 bits per heavy atom. The van der Waals surface area contributed by atoms with Crippen LogP contribution in [0, 0.1) is 13.8 Å². The van der Waals surface area contributed by atoms with E-state index in [1.807, 2.05) is 13.8 Å². The summed E-state index contributed by atoms with van der Waals surface area (Å²) in [4.78, 5) is -0.00971. The molecule has 0 spiro atoms. The molecule has 0 radical (unpaired) electrons. The summed E-state index contributed by atoms with van der Waals surface area (Å²) in [7, 11) is -8.12. The summed E-state index contributed by atoms with van der Waals surface area (Å²) in [6, 6.07) is 21.0. The molecule has 3 aromatic rings. The smallest absolute Gasteiger partial charge is 0.297 e. The Hall–Kier alpha value is -2.72. The van der Waals surface area contributed by atoms with Gasteiger partial charge in [0.25, 0.3) is 20.2 Å². The minimum atomic E-state index is -4.06. The zero-order valence-corrected chi connectivity index (χ0v) is 19.3. The van der Waals surface area contributed by atoms with Gasteiger partial charge in [-0.1, -0.05) is 53.6 Å². The predicted octanol–water partition coefficient (Wildman–Crippen LogP) is 3.86. The van der Waals surface area contributed by atoms with Gasteiger partial charge < -0.3 is 4.74 Å². The number of benzene rings is 3. The van der Waals surface area contributed by atoms with Gasteiger partial charge >= 0.3 is 0 Å². The van der Waals surface area contributed by atoms with Crippen molar-refractivity contribution in [1.29, 1.82) is 0 Å². The SMILES string of the molecule is Cc1ccc(S(=O)(=O)OCC(COS(=O)(=O)c2ccc(C)cc2)Oc2ccccc2)cc1. The average Bonchev–Trinajstić information content (AvgIpc) is 2.77. The van der Waals surface area contributed by atoms with Crippen molar-refractivity contribution in [1.82, 2.24) is 0 Å². The van der Waals surface area contributed by atoms with Crippen LogP contribution in [0.25, 0.3) is 0 Å². The molecule has 0 amide bonds. The van der Waals surface area contributed by atoms with Crippen molar-refractivity contribution in [3.05, 3.63) is 90.0 Å². The van der Waals surface area contributed by atoms with E-state index in [0.29, 0.717) is 5.75 Å². The molecule has 0 saturated carbocycles. The van der Waals surface area contributed by atoms with Gasteiger partial charge in [0.05, 0.1) is 9.79 Å². The molecule has 0 fully saturated rings. The van der Waals surface area contributed by atoms with Gasteiger partial charge in [-0.05, 0) is 50.2 Å². The van der Waals surface area contributed by atoms with Gasteiger partial charge in [0.15, 0.2) is 0 Å². The highest BCUT2D eigenvalue weighted by atomic mass is 32.2. The van der Waals surface area contributed by atoms with E-state index in [9.17, 15) is 16.8 Å². The van der Waals surface area contributed by atoms with E-state index in [1.54, 1.807) is 54.6 Å². The lowest BCUT2D eigenvalue weighted by Crippen LogP contribution is -2.31. The monoisotopic (exact) mass is 476 g/mol. The summed E-state index contributed by atoms with van der Waals surface area (Å²) in [5, 5.41) is 0. The number of aryl methyl sites for hydroxylation is 2. The van der Waals surface area contributed by atoms with Crippen LogP contribution in [0.1, 0.15) is 11.1 Å². The molecule has 32 heavy (non-hydrogen) atoms. The highest BCUT2D eigenvalue weighted by Crippen LogP contribution is 2.18. The van der Waals surface area contributed by atoms with Gasteiger partial charge in [-0.2, -0.15) is 16.8 Å². The molecular weight excluding hydrogens is 452 g/mol. The minimum Gasteiger partial charge on any atom is -0.485 e. The molecule has 0 N–H and O–H groups in total. The minimum absolute atomic E-state index is 0.00486. The van der Waals surface area contributed by atoms with E-state index < -0.39 is 39.6 Å². The molecule has 3 rings (SSSR count). The first-order valence-corrected chi connectivity index (χ1v) is 12.6. The van der Waals surface area contributed by atoms with Crippen molar-refractivity contribution < 1.29 is 29.9 Å². The van der Waals surface area contributed by atoms with Gasteiger partial charge in [0.2, 0.25) is 0 Å². The number of para-hydroxylation sites is 1. The van der Waals surface area contributed by atoms with Crippen molar-refractivity contribution in [3.8, 4) is 5.75 Å². The van der Waals surface area contributed by atoms with E-state index in [1.165, 1.54) is 24.3 Å². The number of hydrogen-bond acceptors (Lipinski definition) is 7. The molecule has 0 aliphatic rings. The number of ether oxygens (including phenoxy) is 1. The van der Waals surface area contributed by atoms with Gasteiger partial charge in [0, 0.05) is 0 Å². The quantitative estimate of drug-likeness (QED) is 0.410. The van der Waals surface area contributed by atoms with E-state index >= 15 is 0 Å². The van der Waals surface area contributed by atoms with Crippen LogP contribution in [-0.4, -0.2) is 36.2 Å². The zero-order valence-electron chi connectivity index (χ0n) is 17.7. The summed E-state index contributed by atoms with van der Waals surface area (Å²) < 4.78 is 66.1. The summed E-state index contributed by atoms with van der Waals surface area (Å²) in [6.07, 6.45) is -1.00. The molecule has 0 aromatic heterocycles. The molecule has 0 heterocycles. The molecule has 0 aliphatic carbocycles. The topological polar surface area (TPSA) is 96.0 Å². The van der Waals surface area contributed by atoms with Gasteiger partial charge in [-0.15, -0.1) is 0 Å². The fourth-order valence-electron chi connectivity index (χ4n) is 2.68. The average molecular weight is 477 g/mol. The molecule has 0 bridgehead atoms. The van der Waals surface area contributed by atoms with Crippen LogP contribution in [0.15, 0.2) is 88.7 Å². The second-order valence-electron chi connectivity index (χ2n) is 7.16. The molecule has 170 valence electrons. The lowest BCUT2D eigenvalue weighted by Gasteiger charge is -2.19. The van der Waals surface area contributed by atoms with Crippen molar-refractivity contribution in [2.75, 3.05) is 13.2 Å². The molecule has 0 atom stereocenters. The van der Waals surface area contributed by atoms with Crippen molar-refractivity contribution in [2.24, 2.45) is 0 Å². The molecule has 0 saturated heterocycles. The van der Waals surface area contributed by atoms with E-state index in [-0.39, 0.29) is 9.79 Å². The van der Waals surface area contributed by atoms with Crippen LogP contribution in [0.2, 0.25) is 0 Å². The fourth-order valence-corrected chi connectivity index (χ4v) is 4.56. The molecule has 7 nitrogen and oxygen atoms in total. The first kappa shape index (κ1) is 23.9. The van der Waals surface area contributed by atoms with Crippen LogP contribution < -0.4 is 4.74 Å². The normalized spacial score (nSPS) is 12.1. The number of rotatable bonds is 10. The van der Waals surface area contributed by atoms with Crippen LogP contribution >= 0.6 is 0 Å².